The first-order valence-electron chi connectivity index (χ1n) is 5.99. The summed E-state index contributed by atoms with van der Waals surface area (Å²) < 4.78 is 6.65. The van der Waals surface area contributed by atoms with Crippen LogP contribution in [0.2, 0.25) is 0 Å². The van der Waals surface area contributed by atoms with Gasteiger partial charge in [0.2, 0.25) is 0 Å². The van der Waals surface area contributed by atoms with Gasteiger partial charge in [-0.15, -0.1) is 0 Å². The molecule has 1 aromatic heterocycles. The minimum Gasteiger partial charge on any atom is -0.463 e. The topological polar surface area (TPSA) is 16.4 Å². The Bertz CT molecular complexity index is 423. The van der Waals surface area contributed by atoms with Crippen LogP contribution in [0.25, 0.3) is 5.57 Å². The van der Waals surface area contributed by atoms with Gasteiger partial charge in [-0.2, -0.15) is 0 Å². The van der Waals surface area contributed by atoms with Crippen LogP contribution in [0.4, 0.5) is 0 Å². The summed E-state index contributed by atoms with van der Waals surface area (Å²) in [5, 5.41) is 0. The summed E-state index contributed by atoms with van der Waals surface area (Å²) in [6, 6.07) is 3.34. The molecule has 3 rings (SSSR count). The molecule has 2 unspecified atom stereocenters. The van der Waals surface area contributed by atoms with Crippen LogP contribution in [0.15, 0.2) is 27.3 Å². The van der Waals surface area contributed by atoms with Gasteiger partial charge in [0, 0.05) is 12.1 Å². The Morgan fingerprint density at radius 1 is 1.50 bits per heavy atom. The van der Waals surface area contributed by atoms with Gasteiger partial charge in [0.05, 0.1) is 10.7 Å². The van der Waals surface area contributed by atoms with Crippen molar-refractivity contribution in [1.82, 2.24) is 4.90 Å². The molecule has 0 saturated carbocycles. The first kappa shape index (κ1) is 10.6. The van der Waals surface area contributed by atoms with Gasteiger partial charge < -0.3 is 4.42 Å². The lowest BCUT2D eigenvalue weighted by atomic mass is 9.99. The molecule has 2 atom stereocenters. The number of nitrogens with zero attached hydrogens (tertiary/aromatic N) is 1. The van der Waals surface area contributed by atoms with E-state index in [9.17, 15) is 0 Å². The van der Waals surface area contributed by atoms with E-state index in [-0.39, 0.29) is 0 Å². The monoisotopic (exact) mass is 281 g/mol. The van der Waals surface area contributed by atoms with Crippen molar-refractivity contribution in [3.05, 3.63) is 28.6 Å². The smallest absolute Gasteiger partial charge is 0.143 e. The van der Waals surface area contributed by atoms with Crippen LogP contribution in [-0.4, -0.2) is 23.5 Å². The third kappa shape index (κ3) is 1.57. The van der Waals surface area contributed by atoms with E-state index < -0.39 is 0 Å². The molecule has 2 bridgehead atoms. The fourth-order valence-corrected chi connectivity index (χ4v) is 3.56. The summed E-state index contributed by atoms with van der Waals surface area (Å²) in [6.45, 7) is 3.42. The second-order valence-corrected chi connectivity index (χ2v) is 5.48. The Balaban J connectivity index is 1.93. The zero-order chi connectivity index (χ0) is 11.1. The lowest BCUT2D eigenvalue weighted by Crippen LogP contribution is -2.37. The van der Waals surface area contributed by atoms with Crippen molar-refractivity contribution in [2.45, 2.75) is 38.3 Å². The van der Waals surface area contributed by atoms with Gasteiger partial charge in [0.1, 0.15) is 5.76 Å². The second-order valence-electron chi connectivity index (χ2n) is 4.62. The van der Waals surface area contributed by atoms with Crippen molar-refractivity contribution in [3.63, 3.8) is 0 Å². The number of halogens is 1. The summed E-state index contributed by atoms with van der Waals surface area (Å²) in [5.41, 5.74) is 1.38. The van der Waals surface area contributed by atoms with Crippen LogP contribution in [0.3, 0.4) is 0 Å². The van der Waals surface area contributed by atoms with Crippen LogP contribution in [0.1, 0.15) is 31.9 Å². The molecule has 0 radical (unpaired) electrons. The first-order valence-corrected chi connectivity index (χ1v) is 6.78. The van der Waals surface area contributed by atoms with E-state index in [4.69, 9.17) is 4.42 Å². The van der Waals surface area contributed by atoms with Crippen LogP contribution >= 0.6 is 15.9 Å². The average molecular weight is 282 g/mol. The number of hydrogen-bond acceptors (Lipinski definition) is 2. The Morgan fingerprint density at radius 3 is 3.00 bits per heavy atom. The molecule has 0 amide bonds. The summed E-state index contributed by atoms with van der Waals surface area (Å²) in [7, 11) is 0. The van der Waals surface area contributed by atoms with Gasteiger partial charge in [0.15, 0.2) is 0 Å². The van der Waals surface area contributed by atoms with E-state index in [1.807, 2.05) is 6.07 Å². The SMILES string of the molecule is CCN1C2C=C(c3occc3Br)CC1CC2. The maximum atomic E-state index is 5.56. The van der Waals surface area contributed by atoms with Gasteiger partial charge in [-0.3, -0.25) is 4.90 Å². The molecule has 0 aromatic carbocycles. The molecule has 3 heterocycles. The number of likely N-dealkylation sites (N-methyl/N-ethyl adjacent to an activating group) is 1. The molecule has 0 N–H and O–H groups in total. The van der Waals surface area contributed by atoms with Gasteiger partial charge >= 0.3 is 0 Å². The van der Waals surface area contributed by atoms with Gasteiger partial charge in [0.25, 0.3) is 0 Å². The van der Waals surface area contributed by atoms with E-state index in [1.165, 1.54) is 25.0 Å². The predicted molar refractivity (Wildman–Crippen MR) is 68.2 cm³/mol. The molecule has 0 aliphatic carbocycles. The second kappa shape index (κ2) is 4.04. The molecule has 0 spiro atoms. The molecule has 1 aromatic rings. The Morgan fingerprint density at radius 2 is 2.38 bits per heavy atom. The zero-order valence-electron chi connectivity index (χ0n) is 9.45. The lowest BCUT2D eigenvalue weighted by Gasteiger charge is -2.32. The Labute approximate surface area is 104 Å². The van der Waals surface area contributed by atoms with Crippen LogP contribution in [0, 0.1) is 0 Å². The van der Waals surface area contributed by atoms with Crippen molar-refractivity contribution < 1.29 is 4.42 Å². The van der Waals surface area contributed by atoms with Crippen LogP contribution in [-0.2, 0) is 0 Å². The van der Waals surface area contributed by atoms with E-state index >= 15 is 0 Å². The highest BCUT2D eigenvalue weighted by atomic mass is 79.9. The van der Waals surface area contributed by atoms with Crippen LogP contribution in [0.5, 0.6) is 0 Å². The Hall–Kier alpha value is -0.540. The number of hydrogen-bond donors (Lipinski definition) is 0. The highest BCUT2D eigenvalue weighted by Crippen LogP contribution is 2.40. The molecule has 1 saturated heterocycles. The standard InChI is InChI=1S/C13H16BrNO/c1-2-15-10-3-4-11(15)8-9(7-10)13-12(14)5-6-16-13/h5-7,10-11H,2-4,8H2,1H3. The minimum atomic E-state index is 0.635. The van der Waals surface area contributed by atoms with Crippen molar-refractivity contribution >= 4 is 21.5 Å². The predicted octanol–water partition coefficient (Wildman–Crippen LogP) is 3.68. The highest BCUT2D eigenvalue weighted by molar-refractivity contribution is 9.10. The van der Waals surface area contributed by atoms with E-state index in [2.05, 4.69) is 33.8 Å². The molecule has 2 nitrogen and oxygen atoms in total. The fourth-order valence-electron chi connectivity index (χ4n) is 3.10. The summed E-state index contributed by atoms with van der Waals surface area (Å²) >= 11 is 3.55. The third-order valence-electron chi connectivity index (χ3n) is 3.81. The molecule has 16 heavy (non-hydrogen) atoms. The summed E-state index contributed by atoms with van der Waals surface area (Å²) in [4.78, 5) is 2.61. The zero-order valence-corrected chi connectivity index (χ0v) is 11.0. The average Bonchev–Trinajstić information content (AvgIpc) is 2.80. The molecule has 86 valence electrons. The van der Waals surface area contributed by atoms with E-state index in [0.717, 1.165) is 22.7 Å². The molecule has 2 aliphatic heterocycles. The fraction of sp³-hybridized carbons (Fsp3) is 0.538. The lowest BCUT2D eigenvalue weighted by molar-refractivity contribution is 0.223. The largest absolute Gasteiger partial charge is 0.463 e. The number of furan rings is 1. The first-order chi connectivity index (χ1) is 7.79. The van der Waals surface area contributed by atoms with Crippen molar-refractivity contribution in [2.24, 2.45) is 0 Å². The normalized spacial score (nSPS) is 29.5. The molecular weight excluding hydrogens is 266 g/mol. The maximum absolute atomic E-state index is 5.56. The molecule has 2 aliphatic rings. The maximum Gasteiger partial charge on any atom is 0.143 e. The van der Waals surface area contributed by atoms with Gasteiger partial charge in [-0.1, -0.05) is 13.0 Å². The number of rotatable bonds is 2. The van der Waals surface area contributed by atoms with E-state index in [1.54, 1.807) is 6.26 Å². The van der Waals surface area contributed by atoms with Gasteiger partial charge in [-0.05, 0) is 53.4 Å². The minimum absolute atomic E-state index is 0.635. The summed E-state index contributed by atoms with van der Waals surface area (Å²) in [6.07, 6.45) is 7.93. The van der Waals surface area contributed by atoms with Crippen molar-refractivity contribution in [1.29, 1.82) is 0 Å². The molecule has 1 fully saturated rings. The highest BCUT2D eigenvalue weighted by Gasteiger charge is 2.36. The number of fused-ring (bicyclic) bond motifs is 2. The quantitative estimate of drug-likeness (QED) is 0.822. The van der Waals surface area contributed by atoms with Gasteiger partial charge in [-0.25, -0.2) is 0 Å². The summed E-state index contributed by atoms with van der Waals surface area (Å²) in [5.74, 6) is 1.03. The Kier molecular flexibility index (Phi) is 2.68. The van der Waals surface area contributed by atoms with Crippen molar-refractivity contribution in [3.8, 4) is 0 Å². The van der Waals surface area contributed by atoms with Crippen molar-refractivity contribution in [2.75, 3.05) is 6.54 Å². The third-order valence-corrected chi connectivity index (χ3v) is 4.44. The van der Waals surface area contributed by atoms with E-state index in [0.29, 0.717) is 6.04 Å². The molecular formula is C13H16BrNO. The van der Waals surface area contributed by atoms with Crippen LogP contribution < -0.4 is 0 Å². The molecule has 3 heteroatoms.